The van der Waals surface area contributed by atoms with Crippen molar-refractivity contribution in [3.05, 3.63) is 64.8 Å². The van der Waals surface area contributed by atoms with Crippen molar-refractivity contribution in [2.75, 3.05) is 25.4 Å². The predicted molar refractivity (Wildman–Crippen MR) is 132 cm³/mol. The Hall–Kier alpha value is -1.93. The van der Waals surface area contributed by atoms with Gasteiger partial charge in [-0.3, -0.25) is 4.90 Å². The molecule has 0 bridgehead atoms. The van der Waals surface area contributed by atoms with E-state index >= 15 is 0 Å². The molecule has 8 heteroatoms. The molecule has 2 fully saturated rings. The van der Waals surface area contributed by atoms with Crippen molar-refractivity contribution in [3.63, 3.8) is 0 Å². The van der Waals surface area contributed by atoms with Gasteiger partial charge in [0.2, 0.25) is 0 Å². The zero-order valence-electron chi connectivity index (χ0n) is 19.0. The Labute approximate surface area is 204 Å². The van der Waals surface area contributed by atoms with Crippen molar-refractivity contribution in [3.8, 4) is 5.82 Å². The number of likely N-dealkylation sites (tertiary alicyclic amines) is 1. The molecule has 0 unspecified atom stereocenters. The highest BCUT2D eigenvalue weighted by molar-refractivity contribution is 7.99. The summed E-state index contributed by atoms with van der Waals surface area (Å²) in [7, 11) is 0. The minimum Gasteiger partial charge on any atom is -0.377 e. The standard InChI is InChI=1S/C25H30ClN5OS/c1-18-13-28-25(33-17-22-7-4-12-32-22)29-24(18)19-5-2-10-30(15-19)16-21-6-3-11-31(21)23-9-8-20(26)14-27-23/h3,6,8-9,11,13-14,19,22H,2,4-5,7,10,12,15-17H2,1H3/t19-,22+/m1/s1. The van der Waals surface area contributed by atoms with Gasteiger partial charge in [-0.2, -0.15) is 0 Å². The van der Waals surface area contributed by atoms with E-state index in [0.717, 1.165) is 49.4 Å². The predicted octanol–water partition coefficient (Wildman–Crippen LogP) is 5.27. The molecular formula is C25H30ClN5OS. The second kappa shape index (κ2) is 10.6. The van der Waals surface area contributed by atoms with Crippen LogP contribution in [0.15, 0.2) is 48.0 Å². The molecule has 5 rings (SSSR count). The smallest absolute Gasteiger partial charge is 0.187 e. The number of halogens is 1. The van der Waals surface area contributed by atoms with Gasteiger partial charge in [0.1, 0.15) is 5.82 Å². The summed E-state index contributed by atoms with van der Waals surface area (Å²) >= 11 is 7.75. The first-order chi connectivity index (χ1) is 16.2. The summed E-state index contributed by atoms with van der Waals surface area (Å²) in [5.74, 6) is 2.27. The molecule has 3 aromatic rings. The summed E-state index contributed by atoms with van der Waals surface area (Å²) in [6.45, 7) is 6.02. The van der Waals surface area contributed by atoms with Crippen molar-refractivity contribution in [2.24, 2.45) is 0 Å². The van der Waals surface area contributed by atoms with Crippen LogP contribution >= 0.6 is 23.4 Å². The van der Waals surface area contributed by atoms with Crippen LogP contribution in [0.2, 0.25) is 5.02 Å². The maximum atomic E-state index is 6.02. The topological polar surface area (TPSA) is 56.1 Å². The Morgan fingerprint density at radius 1 is 1.15 bits per heavy atom. The lowest BCUT2D eigenvalue weighted by Crippen LogP contribution is -2.35. The summed E-state index contributed by atoms with van der Waals surface area (Å²) in [5.41, 5.74) is 3.63. The minimum absolute atomic E-state index is 0.347. The molecule has 2 atom stereocenters. The first-order valence-electron chi connectivity index (χ1n) is 11.7. The van der Waals surface area contributed by atoms with Gasteiger partial charge in [-0.05, 0) is 69.0 Å². The maximum absolute atomic E-state index is 6.02. The molecule has 2 aliphatic rings. The number of aryl methyl sites for hydroxylation is 1. The van der Waals surface area contributed by atoms with Crippen LogP contribution in [0.25, 0.3) is 5.82 Å². The van der Waals surface area contributed by atoms with Crippen LogP contribution in [0, 0.1) is 6.92 Å². The van der Waals surface area contributed by atoms with Gasteiger partial charge in [0, 0.05) is 55.7 Å². The highest BCUT2D eigenvalue weighted by Gasteiger charge is 2.25. The average molecular weight is 484 g/mol. The van der Waals surface area contributed by atoms with Crippen molar-refractivity contribution in [1.82, 2.24) is 24.4 Å². The van der Waals surface area contributed by atoms with E-state index in [-0.39, 0.29) is 0 Å². The van der Waals surface area contributed by atoms with E-state index in [2.05, 4.69) is 44.7 Å². The summed E-state index contributed by atoms with van der Waals surface area (Å²) in [5, 5.41) is 1.53. The van der Waals surface area contributed by atoms with Crippen LogP contribution in [-0.2, 0) is 11.3 Å². The number of nitrogens with zero attached hydrogens (tertiary/aromatic N) is 5. The molecular weight excluding hydrogens is 454 g/mol. The molecule has 0 amide bonds. The maximum Gasteiger partial charge on any atom is 0.187 e. The van der Waals surface area contributed by atoms with Gasteiger partial charge in [-0.1, -0.05) is 23.4 Å². The lowest BCUT2D eigenvalue weighted by molar-refractivity contribution is 0.129. The quantitative estimate of drug-likeness (QED) is 0.337. The largest absolute Gasteiger partial charge is 0.377 e. The molecule has 174 valence electrons. The van der Waals surface area contributed by atoms with Gasteiger partial charge < -0.3 is 9.30 Å². The van der Waals surface area contributed by atoms with Gasteiger partial charge >= 0.3 is 0 Å². The van der Waals surface area contributed by atoms with Crippen LogP contribution in [0.5, 0.6) is 0 Å². The third kappa shape index (κ3) is 5.60. The van der Waals surface area contributed by atoms with Gasteiger partial charge in [0.15, 0.2) is 5.16 Å². The highest BCUT2D eigenvalue weighted by Crippen LogP contribution is 2.30. The Kier molecular flexibility index (Phi) is 7.30. The van der Waals surface area contributed by atoms with E-state index in [4.69, 9.17) is 21.3 Å². The second-order valence-corrected chi connectivity index (χ2v) is 10.4. The molecule has 6 nitrogen and oxygen atoms in total. The highest BCUT2D eigenvalue weighted by atomic mass is 35.5. The number of pyridine rings is 1. The molecule has 0 spiro atoms. The monoisotopic (exact) mass is 483 g/mol. The van der Waals surface area contributed by atoms with Crippen LogP contribution in [0.1, 0.15) is 48.6 Å². The molecule has 5 heterocycles. The number of aromatic nitrogens is 4. The fourth-order valence-corrected chi connectivity index (χ4v) is 5.79. The summed E-state index contributed by atoms with van der Waals surface area (Å²) in [6, 6.07) is 8.11. The number of hydrogen-bond donors (Lipinski definition) is 0. The lowest BCUT2D eigenvalue weighted by atomic mass is 9.92. The molecule has 0 N–H and O–H groups in total. The normalized spacial score (nSPS) is 21.5. The third-order valence-corrected chi connectivity index (χ3v) is 7.70. The van der Waals surface area contributed by atoms with E-state index in [1.165, 1.54) is 36.2 Å². The Bertz CT molecular complexity index is 1070. The summed E-state index contributed by atoms with van der Waals surface area (Å²) in [4.78, 5) is 16.6. The summed E-state index contributed by atoms with van der Waals surface area (Å²) in [6.07, 6.45) is 10.8. The number of thioether (sulfide) groups is 1. The van der Waals surface area contributed by atoms with Crippen molar-refractivity contribution in [2.45, 2.75) is 56.3 Å². The molecule has 2 saturated heterocycles. The van der Waals surface area contributed by atoms with Gasteiger partial charge in [-0.25, -0.2) is 15.0 Å². The first kappa shape index (κ1) is 22.8. The first-order valence-corrected chi connectivity index (χ1v) is 13.1. The van der Waals surface area contributed by atoms with Crippen LogP contribution < -0.4 is 0 Å². The fourth-order valence-electron chi connectivity index (χ4n) is 4.79. The van der Waals surface area contributed by atoms with E-state index in [1.807, 2.05) is 18.3 Å². The second-order valence-electron chi connectivity index (χ2n) is 8.95. The molecule has 2 aliphatic heterocycles. The molecule has 33 heavy (non-hydrogen) atoms. The fraction of sp³-hybridized carbons (Fsp3) is 0.480. The average Bonchev–Trinajstić information content (AvgIpc) is 3.52. The van der Waals surface area contributed by atoms with Crippen LogP contribution in [0.4, 0.5) is 0 Å². The van der Waals surface area contributed by atoms with E-state index in [9.17, 15) is 0 Å². The zero-order chi connectivity index (χ0) is 22.6. The number of rotatable bonds is 7. The Morgan fingerprint density at radius 2 is 2.09 bits per heavy atom. The number of ether oxygens (including phenoxy) is 1. The third-order valence-electron chi connectivity index (χ3n) is 6.48. The Balaban J connectivity index is 1.26. The van der Waals surface area contributed by atoms with Crippen molar-refractivity contribution >= 4 is 23.4 Å². The Morgan fingerprint density at radius 3 is 2.91 bits per heavy atom. The van der Waals surface area contributed by atoms with Crippen LogP contribution in [-0.4, -0.2) is 56.0 Å². The SMILES string of the molecule is Cc1cnc(SC[C@@H]2CCCO2)nc1[C@@H]1CCCN(Cc2cccn2-c2ccc(Cl)cn2)C1. The number of piperidine rings is 1. The van der Waals surface area contributed by atoms with Crippen LogP contribution in [0.3, 0.4) is 0 Å². The van der Waals surface area contributed by atoms with E-state index < -0.39 is 0 Å². The minimum atomic E-state index is 0.347. The zero-order valence-corrected chi connectivity index (χ0v) is 20.6. The number of hydrogen-bond acceptors (Lipinski definition) is 6. The molecule has 0 radical (unpaired) electrons. The molecule has 0 aliphatic carbocycles. The molecule has 0 aromatic carbocycles. The van der Waals surface area contributed by atoms with E-state index in [0.29, 0.717) is 17.0 Å². The summed E-state index contributed by atoms with van der Waals surface area (Å²) < 4.78 is 7.91. The molecule has 0 saturated carbocycles. The van der Waals surface area contributed by atoms with E-state index in [1.54, 1.807) is 18.0 Å². The van der Waals surface area contributed by atoms with Crippen molar-refractivity contribution < 1.29 is 4.74 Å². The molecule has 3 aromatic heterocycles. The lowest BCUT2D eigenvalue weighted by Gasteiger charge is -2.33. The van der Waals surface area contributed by atoms with Gasteiger partial charge in [-0.15, -0.1) is 0 Å². The van der Waals surface area contributed by atoms with Crippen molar-refractivity contribution in [1.29, 1.82) is 0 Å². The van der Waals surface area contributed by atoms with Gasteiger partial charge in [0.05, 0.1) is 16.8 Å². The van der Waals surface area contributed by atoms with Gasteiger partial charge in [0.25, 0.3) is 0 Å².